The Bertz CT molecular complexity index is 306. The zero-order chi connectivity index (χ0) is 12.7. The van der Waals surface area contributed by atoms with E-state index >= 15 is 0 Å². The van der Waals surface area contributed by atoms with Gasteiger partial charge in [-0.15, -0.1) is 12.4 Å². The summed E-state index contributed by atoms with van der Waals surface area (Å²) in [5.74, 6) is 4.13. The number of hydrogen-bond donors (Lipinski definition) is 1. The van der Waals surface area contributed by atoms with E-state index in [4.69, 9.17) is 0 Å². The van der Waals surface area contributed by atoms with Crippen LogP contribution >= 0.6 is 12.4 Å². The van der Waals surface area contributed by atoms with Gasteiger partial charge in [-0.05, 0) is 62.8 Å². The van der Waals surface area contributed by atoms with Gasteiger partial charge < -0.3 is 10.2 Å². The quantitative estimate of drug-likeness (QED) is 0.859. The molecule has 0 radical (unpaired) electrons. The van der Waals surface area contributed by atoms with E-state index in [0.29, 0.717) is 23.7 Å². The molecule has 4 aliphatic rings. The Labute approximate surface area is 122 Å². The number of amides is 1. The molecule has 4 heteroatoms. The van der Waals surface area contributed by atoms with Crippen molar-refractivity contribution in [1.82, 2.24) is 10.2 Å². The van der Waals surface area contributed by atoms with E-state index in [0.717, 1.165) is 24.9 Å². The van der Waals surface area contributed by atoms with Gasteiger partial charge in [0.2, 0.25) is 5.91 Å². The van der Waals surface area contributed by atoms with Gasteiger partial charge in [-0.3, -0.25) is 4.79 Å². The maximum Gasteiger partial charge on any atom is 0.226 e. The molecule has 0 aromatic rings. The third-order valence-electron chi connectivity index (χ3n) is 5.59. The van der Waals surface area contributed by atoms with Gasteiger partial charge in [0.25, 0.3) is 0 Å². The Morgan fingerprint density at radius 3 is 2.11 bits per heavy atom. The summed E-state index contributed by atoms with van der Waals surface area (Å²) in [6.45, 7) is 1.74. The van der Waals surface area contributed by atoms with Gasteiger partial charge in [-0.2, -0.15) is 0 Å². The summed E-state index contributed by atoms with van der Waals surface area (Å²) < 4.78 is 0. The summed E-state index contributed by atoms with van der Waals surface area (Å²) in [6.07, 6.45) is 6.81. The van der Waals surface area contributed by atoms with Crippen LogP contribution in [0.5, 0.6) is 0 Å². The van der Waals surface area contributed by atoms with Crippen LogP contribution in [0.4, 0.5) is 0 Å². The van der Waals surface area contributed by atoms with Gasteiger partial charge in [-0.1, -0.05) is 0 Å². The van der Waals surface area contributed by atoms with Crippen molar-refractivity contribution in [3.05, 3.63) is 0 Å². The maximum atomic E-state index is 12.6. The second-order valence-electron chi connectivity index (χ2n) is 6.82. The highest BCUT2D eigenvalue weighted by atomic mass is 35.5. The van der Waals surface area contributed by atoms with Crippen LogP contribution in [0.3, 0.4) is 0 Å². The smallest absolute Gasteiger partial charge is 0.226 e. The number of rotatable bonds is 4. The molecule has 19 heavy (non-hydrogen) atoms. The van der Waals surface area contributed by atoms with Crippen molar-refractivity contribution < 1.29 is 4.79 Å². The summed E-state index contributed by atoms with van der Waals surface area (Å²) in [5, 5.41) is 3.13. The van der Waals surface area contributed by atoms with Crippen LogP contribution in [0.1, 0.15) is 32.1 Å². The van der Waals surface area contributed by atoms with E-state index in [2.05, 4.69) is 5.32 Å². The zero-order valence-electron chi connectivity index (χ0n) is 12.1. The molecule has 0 aromatic carbocycles. The van der Waals surface area contributed by atoms with Crippen molar-refractivity contribution >= 4 is 18.3 Å². The molecule has 1 N–H and O–H groups in total. The highest BCUT2D eigenvalue weighted by molar-refractivity contribution is 5.85. The highest BCUT2D eigenvalue weighted by Gasteiger charge is 2.51. The molecular weight excluding hydrogens is 260 g/mol. The molecule has 4 aliphatic carbocycles. The number of halogens is 1. The largest absolute Gasteiger partial charge is 0.344 e. The standard InChI is InChI=1S/C15H26N2O.ClH/c1-16-3-4-17(2)15(18)14-12-6-10-5-11(8-12)9-13(14)7-10;/h10-14,16H,3-9H2,1-2H3;1H. The molecule has 1 amide bonds. The minimum absolute atomic E-state index is 0. The van der Waals surface area contributed by atoms with Gasteiger partial charge in [0.15, 0.2) is 0 Å². The molecule has 3 nitrogen and oxygen atoms in total. The predicted octanol–water partition coefficient (Wildman–Crippen LogP) is 2.16. The monoisotopic (exact) mass is 286 g/mol. The summed E-state index contributed by atoms with van der Waals surface area (Å²) >= 11 is 0. The van der Waals surface area contributed by atoms with Crippen molar-refractivity contribution in [2.75, 3.05) is 27.2 Å². The topological polar surface area (TPSA) is 32.3 Å². The summed E-state index contributed by atoms with van der Waals surface area (Å²) in [4.78, 5) is 14.6. The first-order valence-corrected chi connectivity index (χ1v) is 7.58. The van der Waals surface area contributed by atoms with E-state index < -0.39 is 0 Å². The predicted molar refractivity (Wildman–Crippen MR) is 79.3 cm³/mol. The molecule has 4 fully saturated rings. The summed E-state index contributed by atoms with van der Waals surface area (Å²) in [5.41, 5.74) is 0. The molecule has 0 spiro atoms. The first kappa shape index (κ1) is 15.1. The molecule has 4 rings (SSSR count). The molecule has 0 heterocycles. The summed E-state index contributed by atoms with van der Waals surface area (Å²) in [6, 6.07) is 0. The lowest BCUT2D eigenvalue weighted by Gasteiger charge is -2.54. The van der Waals surface area contributed by atoms with E-state index in [9.17, 15) is 4.79 Å². The molecule has 110 valence electrons. The number of carbonyl (C=O) groups is 1. The normalized spacial score (nSPS) is 38.9. The van der Waals surface area contributed by atoms with Crippen molar-refractivity contribution in [2.24, 2.45) is 29.6 Å². The van der Waals surface area contributed by atoms with Crippen molar-refractivity contribution in [3.63, 3.8) is 0 Å². The Hall–Kier alpha value is -0.280. The van der Waals surface area contributed by atoms with Gasteiger partial charge >= 0.3 is 0 Å². The van der Waals surface area contributed by atoms with Crippen LogP contribution < -0.4 is 5.32 Å². The number of nitrogens with zero attached hydrogens (tertiary/aromatic N) is 1. The van der Waals surface area contributed by atoms with Gasteiger partial charge in [0, 0.05) is 26.1 Å². The van der Waals surface area contributed by atoms with Crippen LogP contribution in [-0.2, 0) is 4.79 Å². The van der Waals surface area contributed by atoms with Crippen molar-refractivity contribution in [3.8, 4) is 0 Å². The Morgan fingerprint density at radius 2 is 1.63 bits per heavy atom. The van der Waals surface area contributed by atoms with Crippen LogP contribution in [0.2, 0.25) is 0 Å². The van der Waals surface area contributed by atoms with Crippen LogP contribution in [-0.4, -0.2) is 38.0 Å². The molecule has 0 atom stereocenters. The van der Waals surface area contributed by atoms with Crippen molar-refractivity contribution in [2.45, 2.75) is 32.1 Å². The number of likely N-dealkylation sites (N-methyl/N-ethyl adjacent to an activating group) is 2. The molecule has 0 aromatic heterocycles. The van der Waals surface area contributed by atoms with Crippen LogP contribution in [0, 0.1) is 29.6 Å². The lowest BCUT2D eigenvalue weighted by Crippen LogP contribution is -2.51. The van der Waals surface area contributed by atoms with Crippen LogP contribution in [0.15, 0.2) is 0 Å². The average molecular weight is 287 g/mol. The Kier molecular flexibility index (Phi) is 4.78. The first-order valence-electron chi connectivity index (χ1n) is 7.58. The van der Waals surface area contributed by atoms with E-state index in [1.165, 1.54) is 32.1 Å². The number of carbonyl (C=O) groups excluding carboxylic acids is 1. The lowest BCUT2D eigenvalue weighted by molar-refractivity contribution is -0.147. The Balaban J connectivity index is 0.00000133. The number of nitrogens with one attached hydrogen (secondary N) is 1. The molecule has 4 bridgehead atoms. The van der Waals surface area contributed by atoms with E-state index in [1.807, 2.05) is 19.0 Å². The SMILES string of the molecule is CNCCN(C)C(=O)C1C2CC3CC(C2)CC1C3.Cl. The third-order valence-corrected chi connectivity index (χ3v) is 5.59. The molecule has 0 saturated heterocycles. The number of hydrogen-bond acceptors (Lipinski definition) is 2. The second-order valence-corrected chi connectivity index (χ2v) is 6.82. The first-order chi connectivity index (χ1) is 8.69. The van der Waals surface area contributed by atoms with E-state index in [1.54, 1.807) is 0 Å². The lowest BCUT2D eigenvalue weighted by atomic mass is 9.51. The molecule has 0 aliphatic heterocycles. The summed E-state index contributed by atoms with van der Waals surface area (Å²) in [7, 11) is 3.92. The van der Waals surface area contributed by atoms with Gasteiger partial charge in [-0.25, -0.2) is 0 Å². The maximum absolute atomic E-state index is 12.6. The fraction of sp³-hybridized carbons (Fsp3) is 0.933. The fourth-order valence-corrected chi connectivity index (χ4v) is 4.97. The fourth-order valence-electron chi connectivity index (χ4n) is 4.97. The second kappa shape index (κ2) is 6.01. The average Bonchev–Trinajstić information content (AvgIpc) is 2.34. The molecule has 0 unspecified atom stereocenters. The van der Waals surface area contributed by atoms with Crippen molar-refractivity contribution in [1.29, 1.82) is 0 Å². The minimum atomic E-state index is 0. The highest BCUT2D eigenvalue weighted by Crippen LogP contribution is 2.56. The molecule has 4 saturated carbocycles. The third kappa shape index (κ3) is 2.78. The molecular formula is C15H27ClN2O. The van der Waals surface area contributed by atoms with Crippen LogP contribution in [0.25, 0.3) is 0 Å². The zero-order valence-corrected chi connectivity index (χ0v) is 12.9. The minimum Gasteiger partial charge on any atom is -0.344 e. The Morgan fingerprint density at radius 1 is 1.11 bits per heavy atom. The van der Waals surface area contributed by atoms with Gasteiger partial charge in [0.1, 0.15) is 0 Å². The van der Waals surface area contributed by atoms with E-state index in [-0.39, 0.29) is 12.4 Å². The van der Waals surface area contributed by atoms with Gasteiger partial charge in [0.05, 0.1) is 0 Å².